The maximum Gasteiger partial charge on any atom is 0.239 e. The maximum atomic E-state index is 12.3. The van der Waals surface area contributed by atoms with Gasteiger partial charge >= 0.3 is 0 Å². The van der Waals surface area contributed by atoms with E-state index in [2.05, 4.69) is 15.3 Å². The van der Waals surface area contributed by atoms with Gasteiger partial charge in [-0.1, -0.05) is 11.0 Å². The zero-order valence-electron chi connectivity index (χ0n) is 21.9. The Morgan fingerprint density at radius 2 is 1.97 bits per heavy atom. The summed E-state index contributed by atoms with van der Waals surface area (Å²) < 4.78 is 37.0. The number of pyridine rings is 2. The Balaban J connectivity index is 1.20. The van der Waals surface area contributed by atoms with Crippen LogP contribution in [0.1, 0.15) is 32.3 Å². The maximum absolute atomic E-state index is 12.3. The molecule has 12 heteroatoms. The second-order valence-corrected chi connectivity index (χ2v) is 12.8. The first-order valence-electron chi connectivity index (χ1n) is 12.9. The number of aromatic nitrogens is 2. The van der Waals surface area contributed by atoms with Gasteiger partial charge in [0.15, 0.2) is 0 Å². The Kier molecular flexibility index (Phi) is 5.30. The first-order chi connectivity index (χ1) is 18.6. The Hall–Kier alpha value is -3.58. The van der Waals surface area contributed by atoms with Crippen LogP contribution in [0.3, 0.4) is 0 Å². The molecule has 0 bridgehead atoms. The van der Waals surface area contributed by atoms with Gasteiger partial charge in [-0.3, -0.25) is 13.9 Å². The summed E-state index contributed by atoms with van der Waals surface area (Å²) in [6.07, 6.45) is 4.92. The van der Waals surface area contributed by atoms with Crippen LogP contribution in [0.5, 0.6) is 11.6 Å². The Bertz CT molecular complexity index is 1510. The number of carbonyl (C=O) groups excluding carboxylic acids is 1. The molecule has 39 heavy (non-hydrogen) atoms. The van der Waals surface area contributed by atoms with Crippen molar-refractivity contribution in [2.24, 2.45) is 0 Å². The van der Waals surface area contributed by atoms with E-state index in [0.717, 1.165) is 41.1 Å². The third-order valence-corrected chi connectivity index (χ3v) is 9.80. The lowest BCUT2D eigenvalue weighted by atomic mass is 9.87. The van der Waals surface area contributed by atoms with Gasteiger partial charge in [-0.2, -0.15) is 4.31 Å². The third kappa shape index (κ3) is 3.81. The van der Waals surface area contributed by atoms with Crippen molar-refractivity contribution in [1.29, 1.82) is 0 Å². The predicted molar refractivity (Wildman–Crippen MR) is 150 cm³/mol. The van der Waals surface area contributed by atoms with E-state index in [4.69, 9.17) is 9.47 Å². The zero-order chi connectivity index (χ0) is 27.1. The minimum absolute atomic E-state index is 0.142. The number of benzene rings is 1. The minimum atomic E-state index is -3.13. The highest BCUT2D eigenvalue weighted by atomic mass is 32.3. The molecule has 4 aliphatic heterocycles. The van der Waals surface area contributed by atoms with E-state index in [9.17, 15) is 13.9 Å². The lowest BCUT2D eigenvalue weighted by Crippen LogP contribution is -2.40. The molecule has 0 unspecified atom stereocenters. The molecule has 11 nitrogen and oxygen atoms in total. The van der Waals surface area contributed by atoms with Gasteiger partial charge in [0, 0.05) is 61.2 Å². The van der Waals surface area contributed by atoms with E-state index in [0.29, 0.717) is 42.6 Å². The summed E-state index contributed by atoms with van der Waals surface area (Å²) in [6, 6.07) is 9.51. The fourth-order valence-electron chi connectivity index (χ4n) is 5.84. The predicted octanol–water partition coefficient (Wildman–Crippen LogP) is 4.73. The summed E-state index contributed by atoms with van der Waals surface area (Å²) in [6.45, 7) is 5.58. The second kappa shape index (κ2) is 8.46. The SMILES string of the molecule is CN1C[C@H]2COc3ncc(Nc4cc5c(cn4)-c4ccc(N6CCCC6=O)cc4OC5(C)C)cc3N2S1(O)O. The molecule has 2 fully saturated rings. The van der Waals surface area contributed by atoms with Crippen LogP contribution in [0.4, 0.5) is 22.9 Å². The number of hydrogen-bond donors (Lipinski definition) is 3. The van der Waals surface area contributed by atoms with Crippen molar-refractivity contribution in [1.82, 2.24) is 14.3 Å². The quantitative estimate of drug-likeness (QED) is 0.421. The van der Waals surface area contributed by atoms with Gasteiger partial charge in [0.2, 0.25) is 11.8 Å². The lowest BCUT2D eigenvalue weighted by molar-refractivity contribution is -0.117. The fraction of sp³-hybridized carbons (Fsp3) is 0.370. The summed E-state index contributed by atoms with van der Waals surface area (Å²) in [4.78, 5) is 23.2. The molecule has 0 radical (unpaired) electrons. The number of nitrogens with one attached hydrogen (secondary N) is 1. The van der Waals surface area contributed by atoms with Crippen molar-refractivity contribution in [3.8, 4) is 22.8 Å². The molecule has 2 aromatic heterocycles. The molecule has 1 aromatic carbocycles. The number of nitrogens with zero attached hydrogens (tertiary/aromatic N) is 5. The number of ether oxygens (including phenoxy) is 2. The van der Waals surface area contributed by atoms with Crippen molar-refractivity contribution < 1.29 is 23.4 Å². The molecule has 7 rings (SSSR count). The molecule has 204 valence electrons. The number of amides is 1. The highest BCUT2D eigenvalue weighted by Crippen LogP contribution is 2.58. The molecule has 3 N–H and O–H groups in total. The van der Waals surface area contributed by atoms with Gasteiger partial charge in [-0.25, -0.2) is 14.3 Å². The van der Waals surface area contributed by atoms with E-state index < -0.39 is 16.6 Å². The van der Waals surface area contributed by atoms with Crippen molar-refractivity contribution in [3.05, 3.63) is 48.3 Å². The molecule has 0 spiro atoms. The van der Waals surface area contributed by atoms with Crippen molar-refractivity contribution in [3.63, 3.8) is 0 Å². The molecule has 3 aromatic rings. The molecule has 1 atom stereocenters. The van der Waals surface area contributed by atoms with Crippen LogP contribution in [-0.4, -0.2) is 62.1 Å². The van der Waals surface area contributed by atoms with E-state index in [1.165, 1.54) is 0 Å². The van der Waals surface area contributed by atoms with E-state index >= 15 is 0 Å². The zero-order valence-corrected chi connectivity index (χ0v) is 22.7. The summed E-state index contributed by atoms with van der Waals surface area (Å²) in [5.41, 5.74) is 4.27. The average Bonchev–Trinajstić information content (AvgIpc) is 3.43. The van der Waals surface area contributed by atoms with Crippen LogP contribution in [0.25, 0.3) is 11.1 Å². The van der Waals surface area contributed by atoms with Crippen molar-refractivity contribution >= 4 is 39.7 Å². The number of fused-ring (bicyclic) bond motifs is 6. The highest BCUT2D eigenvalue weighted by molar-refractivity contribution is 8.23. The summed E-state index contributed by atoms with van der Waals surface area (Å²) >= 11 is 0. The number of rotatable bonds is 3. The Labute approximate surface area is 228 Å². The monoisotopic (exact) mass is 550 g/mol. The van der Waals surface area contributed by atoms with Crippen molar-refractivity contribution in [2.45, 2.75) is 38.3 Å². The van der Waals surface area contributed by atoms with Gasteiger partial charge in [0.25, 0.3) is 0 Å². The van der Waals surface area contributed by atoms with Gasteiger partial charge in [-0.05, 0) is 44.5 Å². The first-order valence-corrected chi connectivity index (χ1v) is 14.4. The molecular weight excluding hydrogens is 520 g/mol. The van der Waals surface area contributed by atoms with E-state index in [1.807, 2.05) is 49.2 Å². The van der Waals surface area contributed by atoms with Gasteiger partial charge in [0.05, 0.1) is 11.9 Å². The Morgan fingerprint density at radius 3 is 2.77 bits per heavy atom. The van der Waals surface area contributed by atoms with Crippen LogP contribution >= 0.6 is 11.0 Å². The van der Waals surface area contributed by atoms with Crippen LogP contribution in [-0.2, 0) is 10.4 Å². The van der Waals surface area contributed by atoms with Crippen LogP contribution in [0.15, 0.2) is 42.7 Å². The second-order valence-electron chi connectivity index (χ2n) is 10.8. The molecule has 2 saturated heterocycles. The van der Waals surface area contributed by atoms with E-state index in [-0.39, 0.29) is 11.9 Å². The molecule has 0 saturated carbocycles. The third-order valence-electron chi connectivity index (χ3n) is 7.79. The fourth-order valence-corrected chi connectivity index (χ4v) is 7.44. The lowest BCUT2D eigenvalue weighted by Gasteiger charge is -2.44. The number of carbonyl (C=O) groups is 1. The number of likely N-dealkylation sites (N-methyl/N-ethyl adjacent to an activating group) is 1. The summed E-state index contributed by atoms with van der Waals surface area (Å²) in [7, 11) is -1.44. The average molecular weight is 551 g/mol. The van der Waals surface area contributed by atoms with Crippen LogP contribution < -0.4 is 24.0 Å². The first kappa shape index (κ1) is 24.5. The number of hydrogen-bond acceptors (Lipinski definition) is 10. The van der Waals surface area contributed by atoms with Gasteiger partial charge in [0.1, 0.15) is 35.5 Å². The Morgan fingerprint density at radius 1 is 1.13 bits per heavy atom. The van der Waals surface area contributed by atoms with Gasteiger partial charge in [-0.15, -0.1) is 0 Å². The molecule has 0 aliphatic carbocycles. The molecule has 1 amide bonds. The van der Waals surface area contributed by atoms with E-state index in [1.54, 1.807) is 27.9 Å². The highest BCUT2D eigenvalue weighted by Gasteiger charge is 2.46. The van der Waals surface area contributed by atoms with Crippen LogP contribution in [0.2, 0.25) is 0 Å². The van der Waals surface area contributed by atoms with Crippen molar-refractivity contribution in [2.75, 3.05) is 41.3 Å². The topological polar surface area (TPSA) is 124 Å². The molecular formula is C27H30N6O5S. The van der Waals surface area contributed by atoms with Gasteiger partial charge < -0.3 is 19.7 Å². The standard InChI is InChI=1S/C27H30N6O5S/c1-27(2)21-11-24(28-13-20(21)19-7-6-17(10-23(19)38-27)32-8-4-5-25(32)34)30-16-9-22-26(29-12-16)37-15-18-14-31(3)39(35,36)33(18)22/h6-7,9-13,18,35-36H,4-5,8,14-15H2,1-3H3,(H,28,30)/t18-/m0/s1. The summed E-state index contributed by atoms with van der Waals surface area (Å²) in [5, 5.41) is 3.31. The molecule has 6 heterocycles. The largest absolute Gasteiger partial charge is 0.482 e. The normalized spacial score (nSPS) is 23.2. The summed E-state index contributed by atoms with van der Waals surface area (Å²) in [5.74, 6) is 1.85. The van der Waals surface area contributed by atoms with Crippen LogP contribution in [0, 0.1) is 0 Å². The minimum Gasteiger partial charge on any atom is -0.482 e. The smallest absolute Gasteiger partial charge is 0.239 e. The molecule has 4 aliphatic rings. The number of anilines is 4.